The SMILES string of the molecule is CC(OC(=O)/C=C/c1cc(Br)ccc1F)C(=O)N1CCN(c2ncccn2)CC1. The van der Waals surface area contributed by atoms with Crippen LogP contribution in [0.4, 0.5) is 10.3 Å². The van der Waals surface area contributed by atoms with Crippen molar-refractivity contribution in [3.8, 4) is 0 Å². The first-order valence-electron chi connectivity index (χ1n) is 9.08. The average Bonchev–Trinajstić information content (AvgIpc) is 2.74. The highest BCUT2D eigenvalue weighted by Crippen LogP contribution is 2.17. The average molecular weight is 463 g/mol. The fraction of sp³-hybridized carbons (Fsp3) is 0.300. The van der Waals surface area contributed by atoms with Crippen LogP contribution >= 0.6 is 15.9 Å². The van der Waals surface area contributed by atoms with Gasteiger partial charge in [-0.2, -0.15) is 0 Å². The normalized spacial score (nSPS) is 15.4. The van der Waals surface area contributed by atoms with Crippen LogP contribution in [0.25, 0.3) is 6.08 Å². The molecule has 0 N–H and O–H groups in total. The first-order chi connectivity index (χ1) is 13.9. The number of piperazine rings is 1. The number of hydrogen-bond donors (Lipinski definition) is 0. The topological polar surface area (TPSA) is 75.6 Å². The number of esters is 1. The van der Waals surface area contributed by atoms with E-state index in [-0.39, 0.29) is 11.5 Å². The van der Waals surface area contributed by atoms with Gasteiger partial charge in [0.25, 0.3) is 5.91 Å². The number of hydrogen-bond acceptors (Lipinski definition) is 6. The van der Waals surface area contributed by atoms with Gasteiger partial charge >= 0.3 is 5.97 Å². The number of amides is 1. The maximum Gasteiger partial charge on any atom is 0.331 e. The molecule has 1 unspecified atom stereocenters. The van der Waals surface area contributed by atoms with Crippen molar-refractivity contribution < 1.29 is 18.7 Å². The van der Waals surface area contributed by atoms with Crippen LogP contribution in [0, 0.1) is 5.82 Å². The molecular formula is C20H20BrFN4O3. The third-order valence-corrected chi connectivity index (χ3v) is 4.92. The number of anilines is 1. The molecule has 2 heterocycles. The van der Waals surface area contributed by atoms with E-state index >= 15 is 0 Å². The highest BCUT2D eigenvalue weighted by molar-refractivity contribution is 9.10. The predicted molar refractivity (Wildman–Crippen MR) is 110 cm³/mol. The summed E-state index contributed by atoms with van der Waals surface area (Å²) in [6.45, 7) is 3.69. The van der Waals surface area contributed by atoms with Crippen molar-refractivity contribution in [1.29, 1.82) is 0 Å². The third kappa shape index (κ3) is 5.60. The molecule has 152 valence electrons. The molecular weight excluding hydrogens is 443 g/mol. The summed E-state index contributed by atoms with van der Waals surface area (Å²) in [4.78, 5) is 36.6. The first kappa shape index (κ1) is 20.9. The van der Waals surface area contributed by atoms with Gasteiger partial charge in [0, 0.05) is 54.7 Å². The maximum absolute atomic E-state index is 13.7. The molecule has 2 aromatic rings. The summed E-state index contributed by atoms with van der Waals surface area (Å²) in [5.74, 6) is -0.804. The van der Waals surface area contributed by atoms with Gasteiger partial charge in [-0.3, -0.25) is 4.79 Å². The van der Waals surface area contributed by atoms with Crippen LogP contribution in [-0.2, 0) is 14.3 Å². The Morgan fingerprint density at radius 2 is 1.90 bits per heavy atom. The van der Waals surface area contributed by atoms with Gasteiger partial charge < -0.3 is 14.5 Å². The second-order valence-corrected chi connectivity index (χ2v) is 7.36. The molecule has 1 aliphatic rings. The van der Waals surface area contributed by atoms with Crippen molar-refractivity contribution >= 4 is 39.8 Å². The summed E-state index contributed by atoms with van der Waals surface area (Å²) in [6.07, 6.45) is 4.85. The number of halogens is 2. The Bertz CT molecular complexity index is 902. The van der Waals surface area contributed by atoms with Gasteiger partial charge in [0.15, 0.2) is 6.10 Å². The zero-order valence-electron chi connectivity index (χ0n) is 15.8. The Labute approximate surface area is 176 Å². The minimum absolute atomic E-state index is 0.245. The summed E-state index contributed by atoms with van der Waals surface area (Å²) >= 11 is 3.25. The number of carbonyl (C=O) groups excluding carboxylic acids is 2. The third-order valence-electron chi connectivity index (χ3n) is 4.42. The Morgan fingerprint density at radius 1 is 1.21 bits per heavy atom. The molecule has 3 rings (SSSR count). The van der Waals surface area contributed by atoms with Crippen LogP contribution in [0.15, 0.2) is 47.2 Å². The van der Waals surface area contributed by atoms with Crippen LogP contribution in [-0.4, -0.2) is 59.0 Å². The number of nitrogens with zero attached hydrogens (tertiary/aromatic N) is 4. The zero-order chi connectivity index (χ0) is 20.8. The lowest BCUT2D eigenvalue weighted by molar-refractivity contribution is -0.155. The number of aromatic nitrogens is 2. The minimum Gasteiger partial charge on any atom is -0.449 e. The second-order valence-electron chi connectivity index (χ2n) is 6.44. The zero-order valence-corrected chi connectivity index (χ0v) is 17.4. The number of ether oxygens (including phenoxy) is 1. The van der Waals surface area contributed by atoms with Crippen LogP contribution in [0.1, 0.15) is 12.5 Å². The van der Waals surface area contributed by atoms with E-state index in [9.17, 15) is 14.0 Å². The summed E-state index contributed by atoms with van der Waals surface area (Å²) in [6, 6.07) is 6.15. The fourth-order valence-corrected chi connectivity index (χ4v) is 3.28. The van der Waals surface area contributed by atoms with E-state index in [2.05, 4.69) is 25.9 Å². The van der Waals surface area contributed by atoms with Crippen molar-refractivity contribution in [1.82, 2.24) is 14.9 Å². The highest BCUT2D eigenvalue weighted by atomic mass is 79.9. The molecule has 0 bridgehead atoms. The first-order valence-corrected chi connectivity index (χ1v) is 9.88. The molecule has 0 radical (unpaired) electrons. The molecule has 1 amide bonds. The van der Waals surface area contributed by atoms with Crippen LogP contribution in [0.5, 0.6) is 0 Å². The molecule has 1 aliphatic heterocycles. The monoisotopic (exact) mass is 462 g/mol. The summed E-state index contributed by atoms with van der Waals surface area (Å²) in [7, 11) is 0. The van der Waals surface area contributed by atoms with Gasteiger partial charge in [-0.05, 0) is 37.3 Å². The van der Waals surface area contributed by atoms with Gasteiger partial charge in [0.1, 0.15) is 5.82 Å². The van der Waals surface area contributed by atoms with Gasteiger partial charge in [-0.15, -0.1) is 0 Å². The van der Waals surface area contributed by atoms with E-state index in [1.54, 1.807) is 35.5 Å². The molecule has 1 atom stereocenters. The number of carbonyl (C=O) groups is 2. The molecule has 1 aromatic carbocycles. The quantitative estimate of drug-likeness (QED) is 0.502. The number of benzene rings is 1. The molecule has 29 heavy (non-hydrogen) atoms. The van der Waals surface area contributed by atoms with Gasteiger partial charge in [-0.1, -0.05) is 15.9 Å². The minimum atomic E-state index is -0.931. The van der Waals surface area contributed by atoms with E-state index < -0.39 is 17.9 Å². The van der Waals surface area contributed by atoms with Crippen LogP contribution in [0.2, 0.25) is 0 Å². The Kier molecular flexibility index (Phi) is 6.92. The molecule has 9 heteroatoms. The lowest BCUT2D eigenvalue weighted by Crippen LogP contribution is -2.52. The molecule has 7 nitrogen and oxygen atoms in total. The summed E-state index contributed by atoms with van der Waals surface area (Å²) in [5, 5.41) is 0. The van der Waals surface area contributed by atoms with Crippen molar-refractivity contribution in [3.05, 3.63) is 58.6 Å². The lowest BCUT2D eigenvalue weighted by Gasteiger charge is -2.35. The Hall–Kier alpha value is -2.81. The Balaban J connectivity index is 1.51. The second kappa shape index (κ2) is 9.60. The summed E-state index contributed by atoms with van der Waals surface area (Å²) < 4.78 is 19.6. The van der Waals surface area contributed by atoms with Crippen LogP contribution < -0.4 is 4.90 Å². The van der Waals surface area contributed by atoms with E-state index in [1.807, 2.05) is 4.90 Å². The van der Waals surface area contributed by atoms with Crippen molar-refractivity contribution in [2.24, 2.45) is 0 Å². The van der Waals surface area contributed by atoms with Crippen molar-refractivity contribution in [2.45, 2.75) is 13.0 Å². The van der Waals surface area contributed by atoms with E-state index in [0.717, 1.165) is 6.08 Å². The van der Waals surface area contributed by atoms with E-state index in [1.165, 1.54) is 19.1 Å². The largest absolute Gasteiger partial charge is 0.449 e. The van der Waals surface area contributed by atoms with Crippen LogP contribution in [0.3, 0.4) is 0 Å². The van der Waals surface area contributed by atoms with Crippen molar-refractivity contribution in [3.63, 3.8) is 0 Å². The lowest BCUT2D eigenvalue weighted by atomic mass is 10.2. The molecule has 1 fully saturated rings. The molecule has 0 saturated carbocycles. The van der Waals surface area contributed by atoms with E-state index in [0.29, 0.717) is 36.6 Å². The predicted octanol–water partition coefficient (Wildman–Crippen LogP) is 2.67. The highest BCUT2D eigenvalue weighted by Gasteiger charge is 2.27. The fourth-order valence-electron chi connectivity index (χ4n) is 2.90. The molecule has 1 saturated heterocycles. The molecule has 1 aromatic heterocycles. The van der Waals surface area contributed by atoms with Crippen molar-refractivity contribution in [2.75, 3.05) is 31.1 Å². The van der Waals surface area contributed by atoms with E-state index in [4.69, 9.17) is 4.74 Å². The smallest absolute Gasteiger partial charge is 0.331 e. The maximum atomic E-state index is 13.7. The van der Waals surface area contributed by atoms with Gasteiger partial charge in [0.2, 0.25) is 5.95 Å². The summed E-state index contributed by atoms with van der Waals surface area (Å²) in [5.41, 5.74) is 0.245. The Morgan fingerprint density at radius 3 is 2.59 bits per heavy atom. The molecule has 0 spiro atoms. The van der Waals surface area contributed by atoms with Gasteiger partial charge in [-0.25, -0.2) is 19.2 Å². The molecule has 0 aliphatic carbocycles. The standard InChI is InChI=1S/C20H20BrFN4O3/c1-14(29-18(27)6-3-15-13-16(21)4-5-17(15)22)19(28)25-9-11-26(12-10-25)20-23-7-2-8-24-20/h2-8,13-14H,9-12H2,1H3/b6-3+. The number of rotatable bonds is 5. The van der Waals surface area contributed by atoms with Gasteiger partial charge in [0.05, 0.1) is 0 Å².